The van der Waals surface area contributed by atoms with Crippen molar-refractivity contribution in [3.8, 4) is 0 Å². The maximum Gasteiger partial charge on any atom is 0.335 e. The van der Waals surface area contributed by atoms with E-state index in [1.165, 1.54) is 0 Å². The third-order valence-electron chi connectivity index (χ3n) is 5.20. The minimum Gasteiger partial charge on any atom is -0.379 e. The van der Waals surface area contributed by atoms with E-state index in [0.29, 0.717) is 24.4 Å². The fraction of sp³-hybridized carbons (Fsp3) is 0.524. The number of aliphatic imine (C=N–C) groups is 1. The molecule has 2 aliphatic heterocycles. The number of carbonyl (C=O) groups excluding carboxylic acids is 3. The Morgan fingerprint density at radius 1 is 1.17 bits per heavy atom. The number of carbonyl (C=O) groups is 3. The van der Waals surface area contributed by atoms with E-state index >= 15 is 0 Å². The Bertz CT molecular complexity index is 784. The van der Waals surface area contributed by atoms with Crippen LogP contribution in [0.25, 0.3) is 0 Å². The van der Waals surface area contributed by atoms with E-state index in [1.807, 2.05) is 26.0 Å². The number of hydrogen-bond donors (Lipinski definition) is 1. The second-order valence-corrected chi connectivity index (χ2v) is 7.27. The summed E-state index contributed by atoms with van der Waals surface area (Å²) in [6, 6.07) is 6.32. The molecule has 2 aliphatic rings. The number of anilines is 1. The van der Waals surface area contributed by atoms with E-state index in [2.05, 4.69) is 15.2 Å². The Kier molecular flexibility index (Phi) is 7.11. The zero-order valence-electron chi connectivity index (χ0n) is 17.0. The van der Waals surface area contributed by atoms with E-state index in [1.54, 1.807) is 12.1 Å². The molecule has 8 nitrogen and oxygen atoms in total. The van der Waals surface area contributed by atoms with Crippen molar-refractivity contribution in [2.24, 2.45) is 10.9 Å². The van der Waals surface area contributed by atoms with Gasteiger partial charge in [-0.05, 0) is 31.9 Å². The lowest BCUT2D eigenvalue weighted by atomic mass is 9.96. The number of rotatable bonds is 7. The molecule has 0 spiro atoms. The molecule has 8 heteroatoms. The summed E-state index contributed by atoms with van der Waals surface area (Å²) in [6.45, 7) is 8.58. The maximum atomic E-state index is 13.1. The Labute approximate surface area is 170 Å². The third-order valence-corrected chi connectivity index (χ3v) is 5.20. The summed E-state index contributed by atoms with van der Waals surface area (Å²) in [6.07, 6.45) is 1.31. The van der Waals surface area contributed by atoms with Crippen LogP contribution in [-0.2, 0) is 14.3 Å². The lowest BCUT2D eigenvalue weighted by Gasteiger charge is -2.30. The van der Waals surface area contributed by atoms with Gasteiger partial charge in [-0.2, -0.15) is 0 Å². The minimum atomic E-state index is -1.07. The Morgan fingerprint density at radius 2 is 1.86 bits per heavy atom. The molecule has 29 heavy (non-hydrogen) atoms. The molecule has 2 saturated heterocycles. The third kappa shape index (κ3) is 5.07. The zero-order chi connectivity index (χ0) is 20.8. The van der Waals surface area contributed by atoms with Crippen LogP contribution in [0.2, 0.25) is 0 Å². The van der Waals surface area contributed by atoms with Crippen molar-refractivity contribution in [3.63, 3.8) is 0 Å². The molecule has 1 aromatic carbocycles. The molecule has 0 aromatic heterocycles. The Balaban J connectivity index is 1.69. The number of morpholine rings is 1. The molecule has 2 heterocycles. The van der Waals surface area contributed by atoms with E-state index in [-0.39, 0.29) is 0 Å². The van der Waals surface area contributed by atoms with Gasteiger partial charge in [-0.1, -0.05) is 24.6 Å². The van der Waals surface area contributed by atoms with Crippen LogP contribution in [0.1, 0.15) is 25.3 Å². The first-order valence-electron chi connectivity index (χ1n) is 10.1. The highest BCUT2D eigenvalue weighted by Crippen LogP contribution is 2.22. The molecule has 2 fully saturated rings. The Morgan fingerprint density at radius 3 is 2.52 bits per heavy atom. The van der Waals surface area contributed by atoms with Crippen molar-refractivity contribution in [3.05, 3.63) is 29.8 Å². The standard InChI is InChI=1S/C21H28N4O4/c1-3-17(22-9-4-10-24-11-13-29-14-12-24)18-19(26)23-21(28)25(20(18)27)16-7-5-15(2)6-8-16/h5-8,18H,3-4,9-14H2,1-2H3,(H,23,26,28). The molecule has 0 bridgehead atoms. The molecule has 0 saturated carbocycles. The molecule has 1 aromatic rings. The van der Waals surface area contributed by atoms with Gasteiger partial charge in [0.15, 0.2) is 5.92 Å². The highest BCUT2D eigenvalue weighted by atomic mass is 16.5. The van der Waals surface area contributed by atoms with Gasteiger partial charge in [-0.15, -0.1) is 0 Å². The van der Waals surface area contributed by atoms with Gasteiger partial charge in [-0.3, -0.25) is 24.8 Å². The van der Waals surface area contributed by atoms with Gasteiger partial charge < -0.3 is 4.74 Å². The number of aryl methyl sites for hydroxylation is 1. The molecule has 3 rings (SSSR count). The monoisotopic (exact) mass is 400 g/mol. The number of nitrogens with one attached hydrogen (secondary N) is 1. The predicted octanol–water partition coefficient (Wildman–Crippen LogP) is 1.77. The summed E-state index contributed by atoms with van der Waals surface area (Å²) in [7, 11) is 0. The van der Waals surface area contributed by atoms with Crippen molar-refractivity contribution in [1.29, 1.82) is 0 Å². The topological polar surface area (TPSA) is 91.3 Å². The average Bonchev–Trinajstić information content (AvgIpc) is 2.71. The SMILES string of the molecule is CCC(=NCCCN1CCOCC1)C1C(=O)NC(=O)N(c2ccc(C)cc2)C1=O. The number of imide groups is 2. The second-order valence-electron chi connectivity index (χ2n) is 7.27. The fourth-order valence-electron chi connectivity index (χ4n) is 3.56. The molecule has 1 atom stereocenters. The van der Waals surface area contributed by atoms with E-state index in [4.69, 9.17) is 4.74 Å². The number of nitrogens with zero attached hydrogens (tertiary/aromatic N) is 3. The fourth-order valence-corrected chi connectivity index (χ4v) is 3.56. The molecule has 1 unspecified atom stereocenters. The molecule has 4 amide bonds. The first-order valence-corrected chi connectivity index (χ1v) is 10.1. The van der Waals surface area contributed by atoms with Gasteiger partial charge in [0, 0.05) is 31.9 Å². The number of amides is 4. The zero-order valence-corrected chi connectivity index (χ0v) is 17.0. The van der Waals surface area contributed by atoms with E-state index in [0.717, 1.165) is 49.7 Å². The van der Waals surface area contributed by atoms with Crippen LogP contribution < -0.4 is 10.2 Å². The highest BCUT2D eigenvalue weighted by Gasteiger charge is 2.43. The lowest BCUT2D eigenvalue weighted by Crippen LogP contribution is -2.60. The van der Waals surface area contributed by atoms with Gasteiger partial charge in [0.1, 0.15) is 0 Å². The minimum absolute atomic E-state index is 0.443. The lowest BCUT2D eigenvalue weighted by molar-refractivity contribution is -0.131. The number of hydrogen-bond acceptors (Lipinski definition) is 6. The van der Waals surface area contributed by atoms with Gasteiger partial charge in [-0.25, -0.2) is 9.69 Å². The van der Waals surface area contributed by atoms with E-state index < -0.39 is 23.8 Å². The first kappa shape index (κ1) is 21.1. The highest BCUT2D eigenvalue weighted by molar-refractivity contribution is 6.35. The quantitative estimate of drug-likeness (QED) is 0.428. The molecular formula is C21H28N4O4. The van der Waals surface area contributed by atoms with Crippen LogP contribution in [0.4, 0.5) is 10.5 Å². The largest absolute Gasteiger partial charge is 0.379 e. The molecular weight excluding hydrogens is 372 g/mol. The smallest absolute Gasteiger partial charge is 0.335 e. The molecule has 0 radical (unpaired) electrons. The average molecular weight is 400 g/mol. The molecule has 0 aliphatic carbocycles. The van der Waals surface area contributed by atoms with Crippen LogP contribution in [0.15, 0.2) is 29.3 Å². The van der Waals surface area contributed by atoms with E-state index in [9.17, 15) is 14.4 Å². The summed E-state index contributed by atoms with van der Waals surface area (Å²) < 4.78 is 5.34. The number of urea groups is 1. The summed E-state index contributed by atoms with van der Waals surface area (Å²) in [5.74, 6) is -2.21. The maximum absolute atomic E-state index is 13.1. The van der Waals surface area contributed by atoms with Gasteiger partial charge in [0.2, 0.25) is 5.91 Å². The summed E-state index contributed by atoms with van der Waals surface area (Å²) in [5.41, 5.74) is 1.97. The summed E-state index contributed by atoms with van der Waals surface area (Å²) in [4.78, 5) is 45.7. The van der Waals surface area contributed by atoms with Crippen molar-refractivity contribution >= 4 is 29.2 Å². The first-order chi connectivity index (χ1) is 14.0. The van der Waals surface area contributed by atoms with Gasteiger partial charge >= 0.3 is 6.03 Å². The molecule has 156 valence electrons. The van der Waals surface area contributed by atoms with Crippen LogP contribution in [0, 0.1) is 12.8 Å². The van der Waals surface area contributed by atoms with Gasteiger partial charge in [0.25, 0.3) is 5.91 Å². The second kappa shape index (κ2) is 9.76. The van der Waals surface area contributed by atoms with Crippen molar-refractivity contribution < 1.29 is 19.1 Å². The summed E-state index contributed by atoms with van der Waals surface area (Å²) in [5, 5.41) is 2.30. The van der Waals surface area contributed by atoms with Crippen LogP contribution in [0.5, 0.6) is 0 Å². The normalized spacial score (nSPS) is 21.4. The van der Waals surface area contributed by atoms with Crippen molar-refractivity contribution in [1.82, 2.24) is 10.2 Å². The van der Waals surface area contributed by atoms with Crippen LogP contribution >= 0.6 is 0 Å². The van der Waals surface area contributed by atoms with Crippen molar-refractivity contribution in [2.75, 3.05) is 44.3 Å². The van der Waals surface area contributed by atoms with Crippen molar-refractivity contribution in [2.45, 2.75) is 26.7 Å². The van der Waals surface area contributed by atoms with Crippen LogP contribution in [-0.4, -0.2) is 67.8 Å². The predicted molar refractivity (Wildman–Crippen MR) is 110 cm³/mol. The number of ether oxygens (including phenoxy) is 1. The summed E-state index contributed by atoms with van der Waals surface area (Å²) >= 11 is 0. The number of barbiturate groups is 1. The number of benzene rings is 1. The van der Waals surface area contributed by atoms with Crippen LogP contribution in [0.3, 0.4) is 0 Å². The Hall–Kier alpha value is -2.58. The van der Waals surface area contributed by atoms with Gasteiger partial charge in [0.05, 0.1) is 18.9 Å². The molecule has 1 N–H and O–H groups in total.